The fourth-order valence-electron chi connectivity index (χ4n) is 5.78. The van der Waals surface area contributed by atoms with Crippen LogP contribution in [0.5, 0.6) is 0 Å². The SMILES string of the molecule is CC1CCC(C2CCC(CCc3ccc(C4=CCC(F)C(F)=C4)cc3)CC2)CC1. The van der Waals surface area contributed by atoms with Crippen molar-refractivity contribution in [1.29, 1.82) is 0 Å². The Kier molecular flexibility index (Phi) is 6.88. The lowest BCUT2D eigenvalue weighted by molar-refractivity contribution is 0.148. The van der Waals surface area contributed by atoms with Crippen molar-refractivity contribution in [3.05, 3.63) is 53.4 Å². The molecule has 2 saturated carbocycles. The van der Waals surface area contributed by atoms with E-state index in [-0.39, 0.29) is 6.42 Å². The van der Waals surface area contributed by atoms with Gasteiger partial charge in [0.05, 0.1) is 0 Å². The monoisotopic (exact) mass is 398 g/mol. The minimum absolute atomic E-state index is 0.141. The fraction of sp³-hybridized carbons (Fsp3) is 0.630. The molecular formula is C27H36F2. The second kappa shape index (κ2) is 9.58. The van der Waals surface area contributed by atoms with Crippen LogP contribution in [0, 0.1) is 23.7 Å². The van der Waals surface area contributed by atoms with Gasteiger partial charge in [0.15, 0.2) is 6.17 Å². The Labute approximate surface area is 175 Å². The topological polar surface area (TPSA) is 0 Å². The number of benzene rings is 1. The lowest BCUT2D eigenvalue weighted by atomic mass is 9.69. The molecule has 0 N–H and O–H groups in total. The van der Waals surface area contributed by atoms with Gasteiger partial charge in [-0.2, -0.15) is 0 Å². The molecule has 0 bridgehead atoms. The molecule has 0 saturated heterocycles. The van der Waals surface area contributed by atoms with Crippen molar-refractivity contribution < 1.29 is 8.78 Å². The zero-order valence-corrected chi connectivity index (χ0v) is 17.9. The van der Waals surface area contributed by atoms with Gasteiger partial charge in [-0.15, -0.1) is 0 Å². The van der Waals surface area contributed by atoms with E-state index in [0.717, 1.165) is 41.2 Å². The lowest BCUT2D eigenvalue weighted by Crippen LogP contribution is -2.25. The van der Waals surface area contributed by atoms with Crippen LogP contribution in [0.15, 0.2) is 42.2 Å². The number of rotatable bonds is 5. The van der Waals surface area contributed by atoms with E-state index in [9.17, 15) is 8.78 Å². The van der Waals surface area contributed by atoms with Gasteiger partial charge in [0.1, 0.15) is 5.83 Å². The maximum atomic E-state index is 13.5. The van der Waals surface area contributed by atoms with Gasteiger partial charge in [0.25, 0.3) is 0 Å². The second-order valence-corrected chi connectivity index (χ2v) is 9.93. The Balaban J connectivity index is 1.22. The van der Waals surface area contributed by atoms with Gasteiger partial charge in [-0.1, -0.05) is 62.9 Å². The summed E-state index contributed by atoms with van der Waals surface area (Å²) in [7, 11) is 0. The highest BCUT2D eigenvalue weighted by Crippen LogP contribution is 2.42. The average Bonchev–Trinajstić information content (AvgIpc) is 2.76. The number of alkyl halides is 1. The highest BCUT2D eigenvalue weighted by molar-refractivity contribution is 5.75. The van der Waals surface area contributed by atoms with Crippen LogP contribution in [0.2, 0.25) is 0 Å². The second-order valence-electron chi connectivity index (χ2n) is 9.93. The van der Waals surface area contributed by atoms with E-state index in [4.69, 9.17) is 0 Å². The summed E-state index contributed by atoms with van der Waals surface area (Å²) >= 11 is 0. The first-order valence-electron chi connectivity index (χ1n) is 11.9. The van der Waals surface area contributed by atoms with Crippen LogP contribution in [-0.2, 0) is 6.42 Å². The van der Waals surface area contributed by atoms with Gasteiger partial charge in [0.2, 0.25) is 0 Å². The van der Waals surface area contributed by atoms with Crippen LogP contribution >= 0.6 is 0 Å². The molecule has 1 atom stereocenters. The Hall–Kier alpha value is -1.44. The lowest BCUT2D eigenvalue weighted by Gasteiger charge is -2.37. The highest BCUT2D eigenvalue weighted by Gasteiger charge is 2.29. The molecule has 2 fully saturated rings. The summed E-state index contributed by atoms with van der Waals surface area (Å²) in [5, 5.41) is 0. The molecule has 0 heterocycles. The van der Waals surface area contributed by atoms with Crippen LogP contribution in [0.3, 0.4) is 0 Å². The predicted octanol–water partition coefficient (Wildman–Crippen LogP) is 8.23. The van der Waals surface area contributed by atoms with Gasteiger partial charge >= 0.3 is 0 Å². The standard InChI is InChI=1S/C27H36F2/c1-19-2-10-22(11-3-19)23-12-6-20(7-13-23)4-5-21-8-14-24(15-9-21)25-16-17-26(28)27(29)18-25/h8-9,14-16,18-20,22-23,26H,2-7,10-13,17H2,1H3. The first-order valence-corrected chi connectivity index (χ1v) is 11.9. The van der Waals surface area contributed by atoms with Crippen molar-refractivity contribution in [2.24, 2.45) is 23.7 Å². The average molecular weight is 399 g/mol. The highest BCUT2D eigenvalue weighted by atomic mass is 19.2. The van der Waals surface area contributed by atoms with Crippen molar-refractivity contribution in [2.75, 3.05) is 0 Å². The molecule has 3 aliphatic carbocycles. The van der Waals surface area contributed by atoms with E-state index >= 15 is 0 Å². The molecule has 1 aromatic rings. The Morgan fingerprint density at radius 2 is 1.48 bits per heavy atom. The maximum absolute atomic E-state index is 13.5. The third-order valence-corrected chi connectivity index (χ3v) is 7.88. The van der Waals surface area contributed by atoms with Gasteiger partial charge in [-0.3, -0.25) is 0 Å². The summed E-state index contributed by atoms with van der Waals surface area (Å²) < 4.78 is 26.8. The van der Waals surface area contributed by atoms with E-state index < -0.39 is 12.0 Å². The number of allylic oxidation sites excluding steroid dienone is 4. The summed E-state index contributed by atoms with van der Waals surface area (Å²) in [5.41, 5.74) is 3.15. The Morgan fingerprint density at radius 3 is 2.10 bits per heavy atom. The molecule has 4 rings (SSSR count). The molecule has 1 unspecified atom stereocenters. The quantitative estimate of drug-likeness (QED) is 0.468. The van der Waals surface area contributed by atoms with Crippen molar-refractivity contribution in [1.82, 2.24) is 0 Å². The minimum Gasteiger partial charge on any atom is -0.239 e. The predicted molar refractivity (Wildman–Crippen MR) is 118 cm³/mol. The summed E-state index contributed by atoms with van der Waals surface area (Å²) in [6.07, 6.45) is 15.8. The molecule has 0 nitrogen and oxygen atoms in total. The zero-order chi connectivity index (χ0) is 20.2. The first kappa shape index (κ1) is 20.8. The van der Waals surface area contributed by atoms with Crippen LogP contribution in [0.4, 0.5) is 8.78 Å². The Morgan fingerprint density at radius 1 is 0.862 bits per heavy atom. The zero-order valence-electron chi connectivity index (χ0n) is 17.9. The molecule has 0 amide bonds. The molecule has 0 aliphatic heterocycles. The smallest absolute Gasteiger partial charge is 0.155 e. The van der Waals surface area contributed by atoms with E-state index in [1.165, 1.54) is 69.4 Å². The van der Waals surface area contributed by atoms with Crippen LogP contribution < -0.4 is 0 Å². The molecule has 158 valence electrons. The molecule has 3 aliphatic rings. The van der Waals surface area contributed by atoms with Crippen LogP contribution in [0.1, 0.15) is 82.3 Å². The van der Waals surface area contributed by atoms with E-state index in [2.05, 4.69) is 31.2 Å². The third-order valence-electron chi connectivity index (χ3n) is 7.88. The number of halogens is 2. The normalized spacial score (nSPS) is 33.1. The van der Waals surface area contributed by atoms with Crippen molar-refractivity contribution in [3.8, 4) is 0 Å². The van der Waals surface area contributed by atoms with Gasteiger partial charge in [-0.05, 0) is 85.0 Å². The summed E-state index contributed by atoms with van der Waals surface area (Å²) in [6.45, 7) is 2.42. The number of aryl methyl sites for hydroxylation is 1. The van der Waals surface area contributed by atoms with Gasteiger partial charge in [0, 0.05) is 6.42 Å². The van der Waals surface area contributed by atoms with E-state index in [1.807, 2.05) is 0 Å². The molecule has 0 radical (unpaired) electrons. The molecule has 1 aromatic carbocycles. The summed E-state index contributed by atoms with van der Waals surface area (Å²) in [4.78, 5) is 0. The largest absolute Gasteiger partial charge is 0.239 e. The third kappa shape index (κ3) is 5.38. The minimum atomic E-state index is -1.46. The van der Waals surface area contributed by atoms with Crippen molar-refractivity contribution >= 4 is 5.57 Å². The molecule has 2 heteroatoms. The van der Waals surface area contributed by atoms with Gasteiger partial charge in [-0.25, -0.2) is 8.78 Å². The molecule has 29 heavy (non-hydrogen) atoms. The molecule has 0 aromatic heterocycles. The number of hydrogen-bond acceptors (Lipinski definition) is 0. The van der Waals surface area contributed by atoms with Crippen LogP contribution in [0.25, 0.3) is 5.57 Å². The van der Waals surface area contributed by atoms with Crippen LogP contribution in [-0.4, -0.2) is 6.17 Å². The molecular weight excluding hydrogens is 362 g/mol. The maximum Gasteiger partial charge on any atom is 0.155 e. The summed E-state index contributed by atoms with van der Waals surface area (Å²) in [6, 6.07) is 8.45. The Bertz CT molecular complexity index is 713. The van der Waals surface area contributed by atoms with Crippen molar-refractivity contribution in [3.63, 3.8) is 0 Å². The van der Waals surface area contributed by atoms with E-state index in [1.54, 1.807) is 6.08 Å². The van der Waals surface area contributed by atoms with E-state index in [0.29, 0.717) is 0 Å². The summed E-state index contributed by atoms with van der Waals surface area (Å²) in [5.74, 6) is 3.21. The van der Waals surface area contributed by atoms with Crippen molar-refractivity contribution in [2.45, 2.75) is 83.7 Å². The van der Waals surface area contributed by atoms with Gasteiger partial charge < -0.3 is 0 Å². The first-order chi connectivity index (χ1) is 14.1. The molecule has 0 spiro atoms. The number of hydrogen-bond donors (Lipinski definition) is 0. The fourth-order valence-corrected chi connectivity index (χ4v) is 5.78.